The number of carboxylic acids is 1. The van der Waals surface area contributed by atoms with Crippen molar-refractivity contribution in [2.75, 3.05) is 20.3 Å². The van der Waals surface area contributed by atoms with E-state index in [1.54, 1.807) is 6.92 Å². The lowest BCUT2D eigenvalue weighted by molar-refractivity contribution is -0.151. The van der Waals surface area contributed by atoms with Crippen LogP contribution in [0.3, 0.4) is 0 Å². The van der Waals surface area contributed by atoms with Crippen LogP contribution in [-0.2, 0) is 30.3 Å². The van der Waals surface area contributed by atoms with Crippen molar-refractivity contribution in [3.8, 4) is 0 Å². The fraction of sp³-hybridized carbons (Fsp3) is 0.571. The van der Waals surface area contributed by atoms with Crippen molar-refractivity contribution in [1.29, 1.82) is 0 Å². The van der Waals surface area contributed by atoms with Crippen molar-refractivity contribution < 1.29 is 29.0 Å². The molecule has 2 heterocycles. The number of ether oxygens (including phenoxy) is 2. The zero-order valence-corrected chi connectivity index (χ0v) is 16.7. The number of carbonyl (C=O) groups is 3. The fourth-order valence-electron chi connectivity index (χ4n) is 4.25. The first-order valence-corrected chi connectivity index (χ1v) is 9.93. The molecule has 8 nitrogen and oxygen atoms in total. The molecule has 5 atom stereocenters. The number of carboxylic acid groups (broad SMARTS) is 1. The lowest BCUT2D eigenvalue weighted by atomic mass is 10.0. The second-order valence-electron chi connectivity index (χ2n) is 7.69. The summed E-state index contributed by atoms with van der Waals surface area (Å²) in [6, 6.07) is 7.27. The molecule has 0 aliphatic carbocycles. The summed E-state index contributed by atoms with van der Waals surface area (Å²) in [5, 5.41) is 12.6. The molecule has 2 fully saturated rings. The molecule has 1 amide bonds. The highest BCUT2D eigenvalue weighted by Crippen LogP contribution is 2.35. The molecule has 4 unspecified atom stereocenters. The minimum absolute atomic E-state index is 0.0433. The van der Waals surface area contributed by atoms with Gasteiger partial charge in [-0.3, -0.25) is 14.9 Å². The van der Waals surface area contributed by atoms with Gasteiger partial charge < -0.3 is 19.5 Å². The van der Waals surface area contributed by atoms with Gasteiger partial charge in [0, 0.05) is 5.92 Å². The number of rotatable bonds is 8. The third kappa shape index (κ3) is 4.76. The van der Waals surface area contributed by atoms with Gasteiger partial charge in [-0.05, 0) is 31.7 Å². The highest BCUT2D eigenvalue weighted by molar-refractivity contribution is 5.88. The van der Waals surface area contributed by atoms with Crippen LogP contribution in [0.1, 0.15) is 25.3 Å². The average molecular weight is 404 g/mol. The molecule has 2 aliphatic rings. The first-order chi connectivity index (χ1) is 13.9. The number of hydrogen-bond acceptors (Lipinski definition) is 6. The molecule has 2 N–H and O–H groups in total. The molecular weight excluding hydrogens is 376 g/mol. The van der Waals surface area contributed by atoms with E-state index in [4.69, 9.17) is 9.47 Å². The number of fused-ring (bicyclic) bond motifs is 1. The number of nitrogens with one attached hydrogen (secondary N) is 1. The van der Waals surface area contributed by atoms with Gasteiger partial charge in [0.2, 0.25) is 5.91 Å². The van der Waals surface area contributed by atoms with E-state index in [0.717, 1.165) is 5.56 Å². The third-order valence-corrected chi connectivity index (χ3v) is 5.80. The molecule has 0 saturated carbocycles. The number of esters is 1. The van der Waals surface area contributed by atoms with Crippen molar-refractivity contribution in [3.05, 3.63) is 35.9 Å². The van der Waals surface area contributed by atoms with Gasteiger partial charge in [-0.25, -0.2) is 4.79 Å². The Balaban J connectivity index is 1.67. The minimum atomic E-state index is -1.01. The van der Waals surface area contributed by atoms with Crippen LogP contribution >= 0.6 is 0 Å². The Hall–Kier alpha value is -2.45. The molecule has 0 aromatic heterocycles. The Morgan fingerprint density at radius 1 is 1.28 bits per heavy atom. The fourth-order valence-corrected chi connectivity index (χ4v) is 4.25. The van der Waals surface area contributed by atoms with E-state index in [2.05, 4.69) is 5.32 Å². The van der Waals surface area contributed by atoms with Gasteiger partial charge in [-0.1, -0.05) is 30.3 Å². The molecule has 8 heteroatoms. The molecule has 1 aromatic rings. The van der Waals surface area contributed by atoms with Gasteiger partial charge in [-0.15, -0.1) is 0 Å². The Labute approximate surface area is 170 Å². The summed E-state index contributed by atoms with van der Waals surface area (Å²) < 4.78 is 10.3. The Bertz CT molecular complexity index is 740. The van der Waals surface area contributed by atoms with Crippen molar-refractivity contribution in [2.24, 2.45) is 5.92 Å². The van der Waals surface area contributed by atoms with Crippen LogP contribution in [0.4, 0.5) is 0 Å². The van der Waals surface area contributed by atoms with E-state index in [9.17, 15) is 19.5 Å². The Kier molecular flexibility index (Phi) is 6.87. The molecule has 29 heavy (non-hydrogen) atoms. The number of aliphatic carboxylic acids is 1. The maximum Gasteiger partial charge on any atom is 0.326 e. The first kappa shape index (κ1) is 21.3. The van der Waals surface area contributed by atoms with Crippen LogP contribution in [-0.4, -0.2) is 72.3 Å². The standard InChI is InChI=1S/C21H28N2O6/c1-13(19(24)23-17(20(25)26)10-15-11-29-12-18(15)23)22-16(21(27)28-2)9-8-14-6-4-3-5-7-14/h3-7,13,15-18,22H,8-12H2,1-2H3,(H,25,26)/t13-,15?,16?,17?,18?/m0/s1. The number of aryl methyl sites for hydroxylation is 1. The van der Waals surface area contributed by atoms with Gasteiger partial charge in [0.15, 0.2) is 0 Å². The van der Waals surface area contributed by atoms with Crippen LogP contribution < -0.4 is 5.32 Å². The van der Waals surface area contributed by atoms with E-state index in [0.29, 0.717) is 32.5 Å². The number of methoxy groups -OCH3 is 1. The summed E-state index contributed by atoms with van der Waals surface area (Å²) in [5.41, 5.74) is 1.08. The van der Waals surface area contributed by atoms with Crippen LogP contribution in [0.15, 0.2) is 30.3 Å². The molecule has 0 radical (unpaired) electrons. The smallest absolute Gasteiger partial charge is 0.326 e. The van der Waals surface area contributed by atoms with Crippen LogP contribution in [0.5, 0.6) is 0 Å². The predicted molar refractivity (Wildman–Crippen MR) is 104 cm³/mol. The lowest BCUT2D eigenvalue weighted by Crippen LogP contribution is -2.55. The number of hydrogen-bond donors (Lipinski definition) is 2. The molecule has 1 aromatic carbocycles. The van der Waals surface area contributed by atoms with Crippen LogP contribution in [0.2, 0.25) is 0 Å². The number of nitrogens with zero attached hydrogens (tertiary/aromatic N) is 1. The number of amides is 1. The quantitative estimate of drug-likeness (QED) is 0.619. The topological polar surface area (TPSA) is 105 Å². The van der Waals surface area contributed by atoms with Gasteiger partial charge in [0.25, 0.3) is 0 Å². The normalized spacial score (nSPS) is 25.3. The molecule has 2 saturated heterocycles. The molecule has 3 rings (SSSR count). The molecule has 158 valence electrons. The minimum Gasteiger partial charge on any atom is -0.480 e. The lowest BCUT2D eigenvalue weighted by Gasteiger charge is -2.31. The Morgan fingerprint density at radius 3 is 2.66 bits per heavy atom. The monoisotopic (exact) mass is 404 g/mol. The van der Waals surface area contributed by atoms with Gasteiger partial charge in [0.05, 0.1) is 32.4 Å². The molecule has 2 aliphatic heterocycles. The average Bonchev–Trinajstić information content (AvgIpc) is 3.31. The summed E-state index contributed by atoms with van der Waals surface area (Å²) in [6.07, 6.45) is 1.51. The van der Waals surface area contributed by atoms with Crippen molar-refractivity contribution in [3.63, 3.8) is 0 Å². The van der Waals surface area contributed by atoms with E-state index >= 15 is 0 Å². The Morgan fingerprint density at radius 2 is 2.00 bits per heavy atom. The van der Waals surface area contributed by atoms with E-state index in [1.807, 2.05) is 30.3 Å². The maximum absolute atomic E-state index is 13.1. The molecule has 0 bridgehead atoms. The van der Waals surface area contributed by atoms with E-state index in [-0.39, 0.29) is 17.9 Å². The summed E-state index contributed by atoms with van der Waals surface area (Å²) >= 11 is 0. The highest BCUT2D eigenvalue weighted by Gasteiger charge is 2.50. The van der Waals surface area contributed by atoms with Crippen LogP contribution in [0.25, 0.3) is 0 Å². The zero-order chi connectivity index (χ0) is 21.0. The SMILES string of the molecule is COC(=O)C(CCc1ccccc1)N[C@@H](C)C(=O)N1C(C(=O)O)CC2COCC21. The van der Waals surface area contributed by atoms with Gasteiger partial charge in [0.1, 0.15) is 12.1 Å². The zero-order valence-electron chi connectivity index (χ0n) is 16.7. The van der Waals surface area contributed by atoms with E-state index < -0.39 is 30.1 Å². The molecular formula is C21H28N2O6. The number of benzene rings is 1. The van der Waals surface area contributed by atoms with Gasteiger partial charge >= 0.3 is 11.9 Å². The first-order valence-electron chi connectivity index (χ1n) is 9.93. The molecule has 0 spiro atoms. The predicted octanol–water partition coefficient (Wildman–Crippen LogP) is 0.839. The van der Waals surface area contributed by atoms with Gasteiger partial charge in [-0.2, -0.15) is 0 Å². The van der Waals surface area contributed by atoms with E-state index in [1.165, 1.54) is 12.0 Å². The van der Waals surface area contributed by atoms with Crippen molar-refractivity contribution in [2.45, 2.75) is 50.4 Å². The summed E-state index contributed by atoms with van der Waals surface area (Å²) in [6.45, 7) is 2.48. The number of likely N-dealkylation sites (tertiary alicyclic amines) is 1. The van der Waals surface area contributed by atoms with Crippen LogP contribution in [0, 0.1) is 5.92 Å². The third-order valence-electron chi connectivity index (χ3n) is 5.80. The summed E-state index contributed by atoms with van der Waals surface area (Å²) in [5.74, 6) is -1.74. The maximum atomic E-state index is 13.1. The highest BCUT2D eigenvalue weighted by atomic mass is 16.5. The second kappa shape index (κ2) is 9.37. The largest absolute Gasteiger partial charge is 0.480 e. The van der Waals surface area contributed by atoms with Crippen molar-refractivity contribution in [1.82, 2.24) is 10.2 Å². The van der Waals surface area contributed by atoms with Crippen molar-refractivity contribution >= 4 is 17.8 Å². The summed E-state index contributed by atoms with van der Waals surface area (Å²) in [7, 11) is 1.31. The number of carbonyl (C=O) groups excluding carboxylic acids is 2. The second-order valence-corrected chi connectivity index (χ2v) is 7.69. The summed E-state index contributed by atoms with van der Waals surface area (Å²) in [4.78, 5) is 38.5.